The molecular weight excluding hydrogens is 230 g/mol. The number of rotatable bonds is 5. The number of hydrogen-bond donors (Lipinski definition) is 0. The number of carbonyl (C=O) groups is 2. The fourth-order valence-corrected chi connectivity index (χ4v) is 1.51. The summed E-state index contributed by atoms with van der Waals surface area (Å²) < 4.78 is 4.63. The summed E-state index contributed by atoms with van der Waals surface area (Å²) in [5.41, 5.74) is 1.96. The minimum atomic E-state index is -0.403. The van der Waals surface area contributed by atoms with Gasteiger partial charge in [0.15, 0.2) is 5.78 Å². The molecule has 0 saturated heterocycles. The van der Waals surface area contributed by atoms with Gasteiger partial charge >= 0.3 is 5.97 Å². The molecule has 0 N–H and O–H groups in total. The van der Waals surface area contributed by atoms with Crippen molar-refractivity contribution >= 4 is 17.5 Å². The first-order valence-corrected chi connectivity index (χ1v) is 5.80. The number of methoxy groups -OCH3 is 1. The van der Waals surface area contributed by atoms with E-state index in [9.17, 15) is 9.59 Å². The highest BCUT2D eigenvalue weighted by molar-refractivity contribution is 6.36. The van der Waals surface area contributed by atoms with Gasteiger partial charge < -0.3 is 4.74 Å². The summed E-state index contributed by atoms with van der Waals surface area (Å²) in [6.07, 6.45) is 0.527. The van der Waals surface area contributed by atoms with Crippen LogP contribution in [0.25, 0.3) is 0 Å². The molecule has 0 fully saturated rings. The van der Waals surface area contributed by atoms with Gasteiger partial charge in [0, 0.05) is 5.56 Å². The number of ketones is 1. The lowest BCUT2D eigenvalue weighted by Crippen LogP contribution is -2.15. The minimum absolute atomic E-state index is 0.0181. The van der Waals surface area contributed by atoms with Crippen molar-refractivity contribution in [3.05, 3.63) is 35.4 Å². The van der Waals surface area contributed by atoms with Gasteiger partial charge in [-0.05, 0) is 25.0 Å². The zero-order valence-electron chi connectivity index (χ0n) is 10.9. The van der Waals surface area contributed by atoms with E-state index in [2.05, 4.69) is 9.73 Å². The molecule has 0 heterocycles. The summed E-state index contributed by atoms with van der Waals surface area (Å²) >= 11 is 0. The second kappa shape index (κ2) is 6.69. The fraction of sp³-hybridized carbons (Fsp3) is 0.357. The Bertz CT molecular complexity index is 478. The molecule has 0 spiro atoms. The molecule has 0 aromatic heterocycles. The van der Waals surface area contributed by atoms with Crippen LogP contribution in [0.3, 0.4) is 0 Å². The SMILES string of the molecule is CCC(=NCc1cccc(C(C)=O)c1)C(=O)OC. The normalized spacial score (nSPS) is 11.2. The summed E-state index contributed by atoms with van der Waals surface area (Å²) in [4.78, 5) is 26.8. The third-order valence-corrected chi connectivity index (χ3v) is 2.54. The predicted octanol–water partition coefficient (Wildman–Crippen LogP) is 2.41. The maximum Gasteiger partial charge on any atom is 0.351 e. The van der Waals surface area contributed by atoms with E-state index in [4.69, 9.17) is 0 Å². The van der Waals surface area contributed by atoms with Crippen LogP contribution in [0, 0.1) is 0 Å². The van der Waals surface area contributed by atoms with Crippen molar-refractivity contribution in [2.24, 2.45) is 4.99 Å². The molecule has 4 nitrogen and oxygen atoms in total. The van der Waals surface area contributed by atoms with Crippen molar-refractivity contribution in [2.45, 2.75) is 26.8 Å². The van der Waals surface area contributed by atoms with Crippen LogP contribution in [0.2, 0.25) is 0 Å². The van der Waals surface area contributed by atoms with E-state index < -0.39 is 5.97 Å². The van der Waals surface area contributed by atoms with Gasteiger partial charge in [-0.1, -0.05) is 25.1 Å². The molecule has 0 aliphatic carbocycles. The molecular formula is C14H17NO3. The predicted molar refractivity (Wildman–Crippen MR) is 69.9 cm³/mol. The lowest BCUT2D eigenvalue weighted by atomic mass is 10.1. The number of esters is 1. The first-order chi connectivity index (χ1) is 8.58. The van der Waals surface area contributed by atoms with Crippen molar-refractivity contribution in [1.82, 2.24) is 0 Å². The Kier molecular flexibility index (Phi) is 5.24. The van der Waals surface area contributed by atoms with Gasteiger partial charge in [0.25, 0.3) is 0 Å². The smallest absolute Gasteiger partial charge is 0.351 e. The Hall–Kier alpha value is -1.97. The number of benzene rings is 1. The van der Waals surface area contributed by atoms with Crippen LogP contribution in [0.4, 0.5) is 0 Å². The molecule has 0 aliphatic heterocycles. The Labute approximate surface area is 107 Å². The van der Waals surface area contributed by atoms with Crippen LogP contribution < -0.4 is 0 Å². The fourth-order valence-electron chi connectivity index (χ4n) is 1.51. The second-order valence-corrected chi connectivity index (χ2v) is 3.86. The average molecular weight is 247 g/mol. The first kappa shape index (κ1) is 14.1. The topological polar surface area (TPSA) is 55.7 Å². The van der Waals surface area contributed by atoms with E-state index in [1.807, 2.05) is 19.1 Å². The number of carbonyl (C=O) groups excluding carboxylic acids is 2. The molecule has 4 heteroatoms. The van der Waals surface area contributed by atoms with Gasteiger partial charge in [-0.3, -0.25) is 9.79 Å². The molecule has 0 atom stereocenters. The third kappa shape index (κ3) is 3.80. The highest BCUT2D eigenvalue weighted by Gasteiger charge is 2.08. The van der Waals surface area contributed by atoms with Crippen molar-refractivity contribution in [2.75, 3.05) is 7.11 Å². The molecule has 96 valence electrons. The quantitative estimate of drug-likeness (QED) is 0.456. The largest absolute Gasteiger partial charge is 0.465 e. The molecule has 0 unspecified atom stereocenters. The van der Waals surface area contributed by atoms with Crippen LogP contribution in [-0.4, -0.2) is 24.6 Å². The van der Waals surface area contributed by atoms with E-state index in [0.29, 0.717) is 24.2 Å². The molecule has 18 heavy (non-hydrogen) atoms. The molecule has 0 aliphatic rings. The summed E-state index contributed by atoms with van der Waals surface area (Å²) in [6.45, 7) is 3.75. The molecule has 0 bridgehead atoms. The summed E-state index contributed by atoms with van der Waals surface area (Å²) in [5.74, 6) is -0.385. The van der Waals surface area contributed by atoms with E-state index in [1.54, 1.807) is 12.1 Å². The summed E-state index contributed by atoms with van der Waals surface area (Å²) in [7, 11) is 1.34. The van der Waals surface area contributed by atoms with Crippen molar-refractivity contribution < 1.29 is 14.3 Å². The lowest BCUT2D eigenvalue weighted by molar-refractivity contribution is -0.132. The van der Waals surface area contributed by atoms with E-state index in [0.717, 1.165) is 5.56 Å². The highest BCUT2D eigenvalue weighted by Crippen LogP contribution is 2.08. The van der Waals surface area contributed by atoms with Crippen LogP contribution in [0.5, 0.6) is 0 Å². The molecule has 0 radical (unpaired) electrons. The zero-order valence-corrected chi connectivity index (χ0v) is 10.9. The van der Waals surface area contributed by atoms with Gasteiger partial charge in [0.05, 0.1) is 13.7 Å². The van der Waals surface area contributed by atoms with E-state index >= 15 is 0 Å². The number of Topliss-reactive ketones (excluding diaryl/α,β-unsaturated/α-hetero) is 1. The maximum absolute atomic E-state index is 11.3. The van der Waals surface area contributed by atoms with Gasteiger partial charge in [0.2, 0.25) is 0 Å². The van der Waals surface area contributed by atoms with Gasteiger partial charge in [-0.2, -0.15) is 0 Å². The van der Waals surface area contributed by atoms with Crippen LogP contribution >= 0.6 is 0 Å². The second-order valence-electron chi connectivity index (χ2n) is 3.86. The molecule has 0 saturated carbocycles. The molecule has 0 amide bonds. The number of aliphatic imine (C=N–C) groups is 1. The Morgan fingerprint density at radius 3 is 2.61 bits per heavy atom. The zero-order chi connectivity index (χ0) is 13.5. The van der Waals surface area contributed by atoms with Gasteiger partial charge in [-0.15, -0.1) is 0 Å². The maximum atomic E-state index is 11.3. The van der Waals surface area contributed by atoms with Crippen molar-refractivity contribution in [3.8, 4) is 0 Å². The Balaban J connectivity index is 2.84. The number of ether oxygens (including phenoxy) is 1. The standard InChI is InChI=1S/C14H17NO3/c1-4-13(14(17)18-3)15-9-11-6-5-7-12(8-11)10(2)16/h5-8H,4,9H2,1-3H3. The monoisotopic (exact) mass is 247 g/mol. The van der Waals surface area contributed by atoms with Gasteiger partial charge in [0.1, 0.15) is 5.71 Å². The first-order valence-electron chi connectivity index (χ1n) is 5.80. The van der Waals surface area contributed by atoms with Gasteiger partial charge in [-0.25, -0.2) is 4.79 Å². The van der Waals surface area contributed by atoms with Crippen LogP contribution in [0.15, 0.2) is 29.3 Å². The Morgan fingerprint density at radius 2 is 2.06 bits per heavy atom. The lowest BCUT2D eigenvalue weighted by Gasteiger charge is -2.03. The highest BCUT2D eigenvalue weighted by atomic mass is 16.5. The van der Waals surface area contributed by atoms with Crippen molar-refractivity contribution in [3.63, 3.8) is 0 Å². The van der Waals surface area contributed by atoms with E-state index in [-0.39, 0.29) is 5.78 Å². The van der Waals surface area contributed by atoms with Crippen molar-refractivity contribution in [1.29, 1.82) is 0 Å². The molecule has 1 aromatic rings. The van der Waals surface area contributed by atoms with Crippen LogP contribution in [-0.2, 0) is 16.1 Å². The number of nitrogens with zero attached hydrogens (tertiary/aromatic N) is 1. The average Bonchev–Trinajstić information content (AvgIpc) is 2.39. The third-order valence-electron chi connectivity index (χ3n) is 2.54. The van der Waals surface area contributed by atoms with E-state index in [1.165, 1.54) is 14.0 Å². The molecule has 1 rings (SSSR count). The van der Waals surface area contributed by atoms with Crippen LogP contribution in [0.1, 0.15) is 36.2 Å². The summed E-state index contributed by atoms with van der Waals surface area (Å²) in [6, 6.07) is 7.23. The summed E-state index contributed by atoms with van der Waals surface area (Å²) in [5, 5.41) is 0. The molecule has 1 aromatic carbocycles. The Morgan fingerprint density at radius 1 is 1.33 bits per heavy atom. The number of hydrogen-bond acceptors (Lipinski definition) is 4. The minimum Gasteiger partial charge on any atom is -0.465 e.